The molecule has 0 spiro atoms. The van der Waals surface area contributed by atoms with Crippen LogP contribution >= 0.6 is 0 Å². The largest absolute Gasteiger partial charge is 0.394 e. The van der Waals surface area contributed by atoms with Crippen LogP contribution < -0.4 is 0 Å². The lowest BCUT2D eigenvalue weighted by molar-refractivity contribution is 0.0667. The first-order chi connectivity index (χ1) is 8.11. The normalized spacial score (nSPS) is 24.1. The van der Waals surface area contributed by atoms with Crippen LogP contribution in [0.5, 0.6) is 0 Å². The Hall–Kier alpha value is -1.56. The Morgan fingerprint density at radius 2 is 2.35 bits per heavy atom. The van der Waals surface area contributed by atoms with E-state index in [9.17, 15) is 13.6 Å². The molecule has 1 aromatic heterocycles. The molecular formula is C11H12F2N2O2. The molecule has 4 nitrogen and oxygen atoms in total. The van der Waals surface area contributed by atoms with E-state index >= 15 is 0 Å². The number of carbonyl (C=O) groups excluding carboxylic acids is 1. The predicted molar refractivity (Wildman–Crippen MR) is 55.6 cm³/mol. The summed E-state index contributed by atoms with van der Waals surface area (Å²) in [7, 11) is 0. The molecule has 0 unspecified atom stereocenters. The van der Waals surface area contributed by atoms with Gasteiger partial charge < -0.3 is 10.0 Å². The summed E-state index contributed by atoms with van der Waals surface area (Å²) in [6.07, 6.45) is -0.0651. The van der Waals surface area contributed by atoms with Gasteiger partial charge in [0.1, 0.15) is 17.7 Å². The summed E-state index contributed by atoms with van der Waals surface area (Å²) in [4.78, 5) is 16.8. The van der Waals surface area contributed by atoms with Gasteiger partial charge in [0.2, 0.25) is 0 Å². The van der Waals surface area contributed by atoms with Crippen molar-refractivity contribution in [3.8, 4) is 0 Å². The number of hydrogen-bond donors (Lipinski definition) is 1. The molecule has 0 radical (unpaired) electrons. The van der Waals surface area contributed by atoms with Crippen LogP contribution in [0.1, 0.15) is 16.9 Å². The molecule has 92 valence electrons. The van der Waals surface area contributed by atoms with Gasteiger partial charge >= 0.3 is 0 Å². The summed E-state index contributed by atoms with van der Waals surface area (Å²) in [6.45, 7) is -0.337. The molecule has 1 fully saturated rings. The van der Waals surface area contributed by atoms with E-state index in [0.29, 0.717) is 0 Å². The Morgan fingerprint density at radius 3 is 2.94 bits per heavy atom. The minimum atomic E-state index is -1.13. The molecule has 1 aromatic rings. The Labute approximate surface area is 96.9 Å². The quantitative estimate of drug-likeness (QED) is 0.833. The molecule has 1 aliphatic rings. The molecule has 1 amide bonds. The van der Waals surface area contributed by atoms with E-state index in [2.05, 4.69) is 4.98 Å². The highest BCUT2D eigenvalue weighted by Gasteiger charge is 2.35. The number of nitrogens with zero attached hydrogens (tertiary/aromatic N) is 2. The molecule has 2 atom stereocenters. The highest BCUT2D eigenvalue weighted by molar-refractivity contribution is 5.92. The van der Waals surface area contributed by atoms with Crippen molar-refractivity contribution in [3.63, 3.8) is 0 Å². The molecule has 17 heavy (non-hydrogen) atoms. The second-order valence-electron chi connectivity index (χ2n) is 3.99. The van der Waals surface area contributed by atoms with Crippen molar-refractivity contribution in [2.75, 3.05) is 13.2 Å². The van der Waals surface area contributed by atoms with Gasteiger partial charge in [-0.15, -0.1) is 0 Å². The molecule has 1 N–H and O–H groups in total. The van der Waals surface area contributed by atoms with E-state index < -0.39 is 23.9 Å². The number of aliphatic hydroxyl groups excluding tert-OH is 1. The van der Waals surface area contributed by atoms with E-state index in [1.54, 1.807) is 0 Å². The second kappa shape index (κ2) is 4.75. The molecule has 2 heterocycles. The lowest BCUT2D eigenvalue weighted by Gasteiger charge is -2.21. The van der Waals surface area contributed by atoms with Crippen molar-refractivity contribution in [1.29, 1.82) is 0 Å². The first-order valence-electron chi connectivity index (χ1n) is 5.29. The number of amides is 1. The van der Waals surface area contributed by atoms with Gasteiger partial charge in [-0.25, -0.2) is 13.8 Å². The zero-order valence-corrected chi connectivity index (χ0v) is 9.01. The molecular weight excluding hydrogens is 230 g/mol. The van der Waals surface area contributed by atoms with Gasteiger partial charge in [0.25, 0.3) is 5.91 Å². The molecule has 1 aliphatic heterocycles. The maximum Gasteiger partial charge on any atom is 0.272 e. The summed E-state index contributed by atoms with van der Waals surface area (Å²) < 4.78 is 25.8. The highest BCUT2D eigenvalue weighted by atomic mass is 19.1. The van der Waals surface area contributed by atoms with E-state index in [4.69, 9.17) is 5.11 Å². The zero-order chi connectivity index (χ0) is 12.4. The lowest BCUT2D eigenvalue weighted by Crippen LogP contribution is -2.38. The number of alkyl halides is 1. The van der Waals surface area contributed by atoms with Crippen molar-refractivity contribution in [3.05, 3.63) is 29.8 Å². The van der Waals surface area contributed by atoms with E-state index in [0.717, 1.165) is 12.3 Å². The van der Waals surface area contributed by atoms with Crippen molar-refractivity contribution < 1.29 is 18.7 Å². The van der Waals surface area contributed by atoms with E-state index in [1.807, 2.05) is 0 Å². The van der Waals surface area contributed by atoms with Gasteiger partial charge in [-0.2, -0.15) is 0 Å². The van der Waals surface area contributed by atoms with Crippen LogP contribution in [-0.4, -0.2) is 46.3 Å². The predicted octanol–water partition coefficient (Wildman–Crippen LogP) is 0.766. The lowest BCUT2D eigenvalue weighted by atomic mass is 10.2. The van der Waals surface area contributed by atoms with Crippen LogP contribution in [0.2, 0.25) is 0 Å². The third-order valence-corrected chi connectivity index (χ3v) is 2.78. The first-order valence-corrected chi connectivity index (χ1v) is 5.29. The first kappa shape index (κ1) is 11.9. The minimum absolute atomic E-state index is 0.0525. The van der Waals surface area contributed by atoms with Gasteiger partial charge in [-0.05, 0) is 12.1 Å². The van der Waals surface area contributed by atoms with Gasteiger partial charge in [0.05, 0.1) is 25.4 Å². The van der Waals surface area contributed by atoms with Gasteiger partial charge in [0, 0.05) is 6.42 Å². The summed E-state index contributed by atoms with van der Waals surface area (Å²) in [5, 5.41) is 9.05. The van der Waals surface area contributed by atoms with Crippen LogP contribution in [0.3, 0.4) is 0 Å². The third kappa shape index (κ3) is 2.41. The number of likely N-dealkylation sites (tertiary alicyclic amines) is 1. The number of rotatable bonds is 2. The minimum Gasteiger partial charge on any atom is -0.394 e. The fraction of sp³-hybridized carbons (Fsp3) is 0.455. The average Bonchev–Trinajstić information content (AvgIpc) is 2.70. The molecule has 0 aliphatic carbocycles. The van der Waals surface area contributed by atoms with Gasteiger partial charge in [-0.3, -0.25) is 4.79 Å². The van der Waals surface area contributed by atoms with Crippen LogP contribution in [0.4, 0.5) is 8.78 Å². The zero-order valence-electron chi connectivity index (χ0n) is 9.01. The monoisotopic (exact) mass is 242 g/mol. The Balaban J connectivity index is 2.17. The smallest absolute Gasteiger partial charge is 0.272 e. The Kier molecular flexibility index (Phi) is 3.33. The Morgan fingerprint density at radius 1 is 1.59 bits per heavy atom. The fourth-order valence-electron chi connectivity index (χ4n) is 1.93. The van der Waals surface area contributed by atoms with Crippen molar-refractivity contribution >= 4 is 5.91 Å². The standard InChI is InChI=1S/C11H12F2N2O2/c12-7-1-2-10(14-4-7)11(17)15-5-8(13)3-9(15)6-16/h1-2,4,8-9,16H,3,5-6H2/t8-,9-/m0/s1. The van der Waals surface area contributed by atoms with Crippen LogP contribution in [0.15, 0.2) is 18.3 Å². The molecule has 0 saturated carbocycles. The highest BCUT2D eigenvalue weighted by Crippen LogP contribution is 2.21. The SMILES string of the molecule is O=C(c1ccc(F)cn1)N1C[C@@H](F)C[C@H]1CO. The summed E-state index contributed by atoms with van der Waals surface area (Å²) in [5.74, 6) is -1.02. The number of aliphatic hydroxyl groups is 1. The van der Waals surface area contributed by atoms with E-state index in [1.165, 1.54) is 11.0 Å². The number of aromatic nitrogens is 1. The number of pyridine rings is 1. The molecule has 0 bridgehead atoms. The van der Waals surface area contributed by atoms with E-state index in [-0.39, 0.29) is 25.3 Å². The summed E-state index contributed by atoms with van der Waals surface area (Å²) in [6, 6.07) is 1.85. The van der Waals surface area contributed by atoms with Crippen molar-refractivity contribution in [1.82, 2.24) is 9.88 Å². The molecule has 2 rings (SSSR count). The third-order valence-electron chi connectivity index (χ3n) is 2.78. The summed E-state index contributed by atoms with van der Waals surface area (Å²) >= 11 is 0. The second-order valence-corrected chi connectivity index (χ2v) is 3.99. The van der Waals surface area contributed by atoms with Crippen molar-refractivity contribution in [2.24, 2.45) is 0 Å². The van der Waals surface area contributed by atoms with Gasteiger partial charge in [0.15, 0.2) is 0 Å². The maximum atomic E-state index is 13.2. The number of halogens is 2. The maximum absolute atomic E-state index is 13.2. The fourth-order valence-corrected chi connectivity index (χ4v) is 1.93. The van der Waals surface area contributed by atoms with Crippen molar-refractivity contribution in [2.45, 2.75) is 18.6 Å². The molecule has 6 heteroatoms. The van der Waals surface area contributed by atoms with Gasteiger partial charge in [-0.1, -0.05) is 0 Å². The average molecular weight is 242 g/mol. The topological polar surface area (TPSA) is 53.4 Å². The number of hydrogen-bond acceptors (Lipinski definition) is 3. The summed E-state index contributed by atoms with van der Waals surface area (Å²) in [5.41, 5.74) is 0.0546. The molecule has 1 saturated heterocycles. The molecule has 0 aromatic carbocycles. The van der Waals surface area contributed by atoms with Crippen LogP contribution in [-0.2, 0) is 0 Å². The Bertz CT molecular complexity index is 410. The number of carbonyl (C=O) groups is 1. The van der Waals surface area contributed by atoms with Crippen LogP contribution in [0, 0.1) is 5.82 Å². The van der Waals surface area contributed by atoms with Crippen LogP contribution in [0.25, 0.3) is 0 Å².